The van der Waals surface area contributed by atoms with Gasteiger partial charge in [0.15, 0.2) is 0 Å². The van der Waals surface area contributed by atoms with Crippen LogP contribution in [0.1, 0.15) is 41.6 Å². The van der Waals surface area contributed by atoms with E-state index in [0.29, 0.717) is 16.7 Å². The molecule has 0 fully saturated rings. The molecule has 2 N–H and O–H groups in total. The summed E-state index contributed by atoms with van der Waals surface area (Å²) >= 11 is 17.3. The van der Waals surface area contributed by atoms with Crippen LogP contribution in [-0.4, -0.2) is 40.5 Å². The van der Waals surface area contributed by atoms with E-state index in [4.69, 9.17) is 40.8 Å². The van der Waals surface area contributed by atoms with Gasteiger partial charge in [-0.05, 0) is 52.9 Å². The van der Waals surface area contributed by atoms with Gasteiger partial charge in [-0.3, -0.25) is 4.79 Å². The number of rotatable bonds is 11. The van der Waals surface area contributed by atoms with Gasteiger partial charge in [0.2, 0.25) is 5.91 Å². The lowest BCUT2D eigenvalue weighted by Crippen LogP contribution is -2.42. The van der Waals surface area contributed by atoms with Gasteiger partial charge in [-0.2, -0.15) is 0 Å². The summed E-state index contributed by atoms with van der Waals surface area (Å²) in [5.74, 6) is -1.45. The van der Waals surface area contributed by atoms with Gasteiger partial charge in [0.05, 0.1) is 19.3 Å². The first-order valence-corrected chi connectivity index (χ1v) is 13.8. The van der Waals surface area contributed by atoms with Crippen molar-refractivity contribution >= 4 is 47.9 Å². The summed E-state index contributed by atoms with van der Waals surface area (Å²) in [6.07, 6.45) is 3.13. The minimum atomic E-state index is -1.08. The zero-order chi connectivity index (χ0) is 27.8. The van der Waals surface area contributed by atoms with Gasteiger partial charge in [0.1, 0.15) is 6.04 Å². The van der Waals surface area contributed by atoms with Crippen molar-refractivity contribution in [1.82, 2.24) is 9.62 Å². The monoisotopic (exact) mass is 584 g/mol. The molecule has 204 valence electrons. The SMILES string of the molecule is O=C(CCOCC1=CC[C@@H](c2ccc(Cl)cc2)N(S)[C@H]1c1cccc(Cl)c1)N[C@@H](Cc1ccccc1)C(=O)O. The standard InChI is InChI=1S/C30H30Cl2N2O4S/c31-24-12-9-21(10-13-24)27-14-11-23(29(34(27)39)22-7-4-8-25(32)18-22)19-38-16-15-28(35)33-26(30(36)37)17-20-5-2-1-3-6-20/h1-13,18,26-27,29,39H,14-17,19H2,(H,33,35)(H,36,37)/t26-,27-,29-/m0/s1. The minimum Gasteiger partial charge on any atom is -0.480 e. The molecule has 0 unspecified atom stereocenters. The second-order valence-corrected chi connectivity index (χ2v) is 10.7. The lowest BCUT2D eigenvalue weighted by molar-refractivity contribution is -0.141. The lowest BCUT2D eigenvalue weighted by Gasteiger charge is -2.39. The van der Waals surface area contributed by atoms with Crippen LogP contribution in [0.25, 0.3) is 0 Å². The van der Waals surface area contributed by atoms with Crippen molar-refractivity contribution in [2.24, 2.45) is 0 Å². The van der Waals surface area contributed by atoms with E-state index in [0.717, 1.165) is 28.7 Å². The highest BCUT2D eigenvalue weighted by molar-refractivity contribution is 7.77. The largest absolute Gasteiger partial charge is 0.480 e. The molecule has 1 heterocycles. The number of benzene rings is 3. The third kappa shape index (κ3) is 8.10. The highest BCUT2D eigenvalue weighted by Gasteiger charge is 2.33. The smallest absolute Gasteiger partial charge is 0.326 e. The van der Waals surface area contributed by atoms with E-state index in [2.05, 4.69) is 11.4 Å². The summed E-state index contributed by atoms with van der Waals surface area (Å²) in [7, 11) is 0. The minimum absolute atomic E-state index is 0.0154. The molecule has 39 heavy (non-hydrogen) atoms. The molecule has 0 saturated heterocycles. The molecule has 1 aliphatic heterocycles. The van der Waals surface area contributed by atoms with Gasteiger partial charge in [0.25, 0.3) is 0 Å². The molecule has 6 nitrogen and oxygen atoms in total. The Bertz CT molecular complexity index is 1300. The molecule has 3 aromatic carbocycles. The molecule has 9 heteroatoms. The van der Waals surface area contributed by atoms with E-state index in [9.17, 15) is 14.7 Å². The Balaban J connectivity index is 1.38. The quantitative estimate of drug-likeness (QED) is 0.137. The molecule has 3 aromatic rings. The van der Waals surface area contributed by atoms with Gasteiger partial charge in [-0.15, -0.1) is 0 Å². The van der Waals surface area contributed by atoms with Gasteiger partial charge in [0, 0.05) is 28.9 Å². The molecular formula is C30H30Cl2N2O4S. The van der Waals surface area contributed by atoms with Crippen LogP contribution in [0, 0.1) is 0 Å². The van der Waals surface area contributed by atoms with Gasteiger partial charge < -0.3 is 15.2 Å². The van der Waals surface area contributed by atoms with Crippen LogP contribution < -0.4 is 5.32 Å². The Labute approximate surface area is 244 Å². The topological polar surface area (TPSA) is 78.9 Å². The van der Waals surface area contributed by atoms with E-state index in [-0.39, 0.29) is 37.4 Å². The fourth-order valence-corrected chi connectivity index (χ4v) is 5.49. The lowest BCUT2D eigenvalue weighted by atomic mass is 9.89. The molecule has 1 aliphatic rings. The van der Waals surface area contributed by atoms with Crippen LogP contribution in [-0.2, 0) is 20.7 Å². The van der Waals surface area contributed by atoms with Crippen molar-refractivity contribution in [1.29, 1.82) is 0 Å². The molecule has 0 saturated carbocycles. The normalized spacial score (nSPS) is 18.3. The Morgan fingerprint density at radius 2 is 1.74 bits per heavy atom. The Morgan fingerprint density at radius 1 is 1.00 bits per heavy atom. The summed E-state index contributed by atoms with van der Waals surface area (Å²) in [4.78, 5) is 24.2. The number of hydrogen-bond donors (Lipinski definition) is 3. The zero-order valence-electron chi connectivity index (χ0n) is 21.2. The van der Waals surface area contributed by atoms with Crippen LogP contribution in [0.4, 0.5) is 0 Å². The van der Waals surface area contributed by atoms with E-state index >= 15 is 0 Å². The predicted molar refractivity (Wildman–Crippen MR) is 157 cm³/mol. The maximum atomic E-state index is 12.5. The molecule has 0 aliphatic carbocycles. The summed E-state index contributed by atoms with van der Waals surface area (Å²) in [6.45, 7) is 0.442. The molecule has 0 spiro atoms. The fourth-order valence-electron chi connectivity index (χ4n) is 4.66. The molecule has 3 atom stereocenters. The molecule has 0 radical (unpaired) electrons. The maximum Gasteiger partial charge on any atom is 0.326 e. The van der Waals surface area contributed by atoms with E-state index in [1.807, 2.05) is 83.2 Å². The number of carbonyl (C=O) groups is 2. The number of carboxylic acids is 1. The molecule has 4 rings (SSSR count). The Kier molecular flexibility index (Phi) is 10.5. The number of thiol groups is 1. The van der Waals surface area contributed by atoms with Crippen LogP contribution >= 0.6 is 36.0 Å². The van der Waals surface area contributed by atoms with Crippen LogP contribution in [0.2, 0.25) is 10.0 Å². The van der Waals surface area contributed by atoms with Crippen molar-refractivity contribution in [3.8, 4) is 0 Å². The molecular weight excluding hydrogens is 555 g/mol. The number of halogens is 2. The first kappa shape index (κ1) is 29.2. The summed E-state index contributed by atoms with van der Waals surface area (Å²) < 4.78 is 7.90. The van der Waals surface area contributed by atoms with E-state index < -0.39 is 12.0 Å². The average Bonchev–Trinajstić information content (AvgIpc) is 2.92. The van der Waals surface area contributed by atoms with E-state index in [1.54, 1.807) is 0 Å². The number of nitrogens with zero attached hydrogens (tertiary/aromatic N) is 1. The Morgan fingerprint density at radius 3 is 2.44 bits per heavy atom. The van der Waals surface area contributed by atoms with Gasteiger partial charge in [-0.1, -0.05) is 96.7 Å². The molecule has 1 amide bonds. The second-order valence-electron chi connectivity index (χ2n) is 9.37. The van der Waals surface area contributed by atoms with Crippen LogP contribution in [0.3, 0.4) is 0 Å². The first-order chi connectivity index (χ1) is 18.8. The highest BCUT2D eigenvalue weighted by atomic mass is 35.5. The number of amides is 1. The number of carboxylic acid groups (broad SMARTS) is 1. The van der Waals surface area contributed by atoms with Gasteiger partial charge >= 0.3 is 5.97 Å². The number of nitrogens with one attached hydrogen (secondary N) is 1. The molecule has 0 aromatic heterocycles. The van der Waals surface area contributed by atoms with Crippen molar-refractivity contribution in [3.63, 3.8) is 0 Å². The van der Waals surface area contributed by atoms with Crippen molar-refractivity contribution in [2.75, 3.05) is 13.2 Å². The highest BCUT2D eigenvalue weighted by Crippen LogP contribution is 2.43. The van der Waals surface area contributed by atoms with Crippen molar-refractivity contribution in [2.45, 2.75) is 37.4 Å². The number of hydrogen-bond acceptors (Lipinski definition) is 5. The Hall–Kier alpha value is -2.81. The van der Waals surface area contributed by atoms with Gasteiger partial charge in [-0.25, -0.2) is 9.10 Å². The molecule has 0 bridgehead atoms. The summed E-state index contributed by atoms with van der Waals surface area (Å²) in [6, 6.07) is 23.4. The number of carbonyl (C=O) groups excluding carboxylic acids is 1. The second kappa shape index (κ2) is 14.0. The number of aliphatic carboxylic acids is 1. The predicted octanol–water partition coefficient (Wildman–Crippen LogP) is 6.47. The van der Waals surface area contributed by atoms with Crippen LogP contribution in [0.5, 0.6) is 0 Å². The maximum absolute atomic E-state index is 12.5. The third-order valence-corrected chi connectivity index (χ3v) is 7.61. The first-order valence-electron chi connectivity index (χ1n) is 12.6. The summed E-state index contributed by atoms with van der Waals surface area (Å²) in [5, 5.41) is 13.4. The fraction of sp³-hybridized carbons (Fsp3) is 0.267. The average molecular weight is 586 g/mol. The van der Waals surface area contributed by atoms with Crippen LogP contribution in [0.15, 0.2) is 90.5 Å². The summed E-state index contributed by atoms with van der Waals surface area (Å²) in [5.41, 5.74) is 3.92. The van der Waals surface area contributed by atoms with Crippen molar-refractivity contribution in [3.05, 3.63) is 117 Å². The zero-order valence-corrected chi connectivity index (χ0v) is 23.6. The van der Waals surface area contributed by atoms with E-state index in [1.165, 1.54) is 0 Å². The third-order valence-electron chi connectivity index (χ3n) is 6.62. The number of ether oxygens (including phenoxy) is 1. The van der Waals surface area contributed by atoms with Crippen molar-refractivity contribution < 1.29 is 19.4 Å².